The SMILES string of the molecule is Cc1ccc(C(c2ccc[nH]2)c2ccc(Cc3ccc[nH]3)o2)cc1. The molecule has 4 rings (SSSR count). The summed E-state index contributed by atoms with van der Waals surface area (Å²) in [5.41, 5.74) is 4.78. The number of aromatic amines is 2. The Morgan fingerprint density at radius 2 is 1.67 bits per heavy atom. The molecule has 3 heterocycles. The van der Waals surface area contributed by atoms with Gasteiger partial charge >= 0.3 is 0 Å². The van der Waals surface area contributed by atoms with Crippen LogP contribution < -0.4 is 0 Å². The minimum absolute atomic E-state index is 0.0815. The van der Waals surface area contributed by atoms with Gasteiger partial charge in [-0.15, -0.1) is 0 Å². The quantitative estimate of drug-likeness (QED) is 0.534. The third-order valence-electron chi connectivity index (χ3n) is 4.34. The smallest absolute Gasteiger partial charge is 0.117 e. The number of aromatic nitrogens is 2. The number of hydrogen-bond donors (Lipinski definition) is 2. The fourth-order valence-electron chi connectivity index (χ4n) is 3.09. The molecule has 120 valence electrons. The van der Waals surface area contributed by atoms with Crippen LogP contribution >= 0.6 is 0 Å². The van der Waals surface area contributed by atoms with E-state index in [1.165, 1.54) is 11.1 Å². The third kappa shape index (κ3) is 2.93. The molecule has 3 heteroatoms. The molecular weight excluding hydrogens is 296 g/mol. The Balaban J connectivity index is 1.69. The van der Waals surface area contributed by atoms with Gasteiger partial charge in [0.2, 0.25) is 0 Å². The van der Waals surface area contributed by atoms with Crippen LogP contribution in [-0.2, 0) is 6.42 Å². The van der Waals surface area contributed by atoms with Gasteiger partial charge < -0.3 is 14.4 Å². The van der Waals surface area contributed by atoms with Crippen molar-refractivity contribution in [1.82, 2.24) is 9.97 Å². The van der Waals surface area contributed by atoms with E-state index in [4.69, 9.17) is 4.42 Å². The largest absolute Gasteiger partial charge is 0.465 e. The van der Waals surface area contributed by atoms with E-state index in [2.05, 4.69) is 65.4 Å². The van der Waals surface area contributed by atoms with Gasteiger partial charge in [0.05, 0.1) is 5.92 Å². The highest BCUT2D eigenvalue weighted by molar-refractivity contribution is 5.38. The van der Waals surface area contributed by atoms with Gasteiger partial charge in [0.1, 0.15) is 11.5 Å². The Bertz CT molecular complexity index is 884. The van der Waals surface area contributed by atoms with Crippen molar-refractivity contribution < 1.29 is 4.42 Å². The maximum atomic E-state index is 6.19. The number of nitrogens with one attached hydrogen (secondary N) is 2. The molecule has 4 aromatic rings. The minimum Gasteiger partial charge on any atom is -0.465 e. The summed E-state index contributed by atoms with van der Waals surface area (Å²) in [6.45, 7) is 2.11. The first-order valence-corrected chi connectivity index (χ1v) is 8.20. The van der Waals surface area contributed by atoms with Crippen molar-refractivity contribution in [2.75, 3.05) is 0 Å². The van der Waals surface area contributed by atoms with Crippen molar-refractivity contribution >= 4 is 0 Å². The van der Waals surface area contributed by atoms with Gasteiger partial charge in [-0.25, -0.2) is 0 Å². The predicted octanol–water partition coefficient (Wildman–Crippen LogP) is 5.02. The second kappa shape index (κ2) is 6.28. The highest BCUT2D eigenvalue weighted by atomic mass is 16.3. The maximum absolute atomic E-state index is 6.19. The van der Waals surface area contributed by atoms with Crippen molar-refractivity contribution in [3.63, 3.8) is 0 Å². The minimum atomic E-state index is 0.0815. The molecule has 0 aliphatic carbocycles. The molecule has 0 spiro atoms. The van der Waals surface area contributed by atoms with Crippen LogP contribution in [0.15, 0.2) is 77.5 Å². The Morgan fingerprint density at radius 1 is 0.875 bits per heavy atom. The lowest BCUT2D eigenvalue weighted by Gasteiger charge is -2.14. The summed E-state index contributed by atoms with van der Waals surface area (Å²) >= 11 is 0. The molecule has 3 aromatic heterocycles. The molecule has 0 amide bonds. The molecule has 1 atom stereocenters. The fraction of sp³-hybridized carbons (Fsp3) is 0.143. The van der Waals surface area contributed by atoms with Gasteiger partial charge in [0.25, 0.3) is 0 Å². The van der Waals surface area contributed by atoms with E-state index in [0.717, 1.165) is 29.3 Å². The average molecular weight is 316 g/mol. The number of furan rings is 1. The Morgan fingerprint density at radius 3 is 2.38 bits per heavy atom. The molecule has 0 aliphatic rings. The van der Waals surface area contributed by atoms with E-state index in [0.29, 0.717) is 0 Å². The lowest BCUT2D eigenvalue weighted by molar-refractivity contribution is 0.465. The van der Waals surface area contributed by atoms with Crippen molar-refractivity contribution in [3.05, 3.63) is 107 Å². The third-order valence-corrected chi connectivity index (χ3v) is 4.34. The first-order valence-electron chi connectivity index (χ1n) is 8.20. The van der Waals surface area contributed by atoms with Crippen molar-refractivity contribution in [1.29, 1.82) is 0 Å². The molecule has 1 aromatic carbocycles. The summed E-state index contributed by atoms with van der Waals surface area (Å²) in [5, 5.41) is 0. The van der Waals surface area contributed by atoms with Crippen LogP contribution in [0.2, 0.25) is 0 Å². The van der Waals surface area contributed by atoms with Crippen LogP contribution in [0.4, 0.5) is 0 Å². The van der Waals surface area contributed by atoms with Gasteiger partial charge in [-0.05, 0) is 48.9 Å². The van der Waals surface area contributed by atoms with Gasteiger partial charge in [0, 0.05) is 30.2 Å². The highest BCUT2D eigenvalue weighted by Gasteiger charge is 2.21. The first-order chi connectivity index (χ1) is 11.8. The summed E-state index contributed by atoms with van der Waals surface area (Å²) in [5.74, 6) is 2.01. The van der Waals surface area contributed by atoms with E-state index in [1.54, 1.807) is 0 Å². The van der Waals surface area contributed by atoms with E-state index in [-0.39, 0.29) is 5.92 Å². The summed E-state index contributed by atoms with van der Waals surface area (Å²) in [4.78, 5) is 6.56. The van der Waals surface area contributed by atoms with E-state index in [1.807, 2.05) is 24.5 Å². The molecule has 0 aliphatic heterocycles. The van der Waals surface area contributed by atoms with Gasteiger partial charge in [-0.3, -0.25) is 0 Å². The second-order valence-electron chi connectivity index (χ2n) is 6.15. The zero-order chi connectivity index (χ0) is 16.4. The topological polar surface area (TPSA) is 44.7 Å². The van der Waals surface area contributed by atoms with Crippen LogP contribution in [0.3, 0.4) is 0 Å². The Kier molecular flexibility index (Phi) is 3.83. The molecule has 0 bridgehead atoms. The summed E-state index contributed by atoms with van der Waals surface area (Å²) < 4.78 is 6.19. The normalized spacial score (nSPS) is 12.4. The van der Waals surface area contributed by atoms with Gasteiger partial charge in [-0.1, -0.05) is 29.8 Å². The molecule has 0 radical (unpaired) electrons. The standard InChI is InChI=1S/C21H20N2O/c1-15-6-8-16(9-7-15)21(19-5-3-13-23-19)20-11-10-18(24-20)14-17-4-2-12-22-17/h2-13,21-23H,14H2,1H3. The monoisotopic (exact) mass is 316 g/mol. The Labute approximate surface area is 141 Å². The van der Waals surface area contributed by atoms with Gasteiger partial charge in [-0.2, -0.15) is 0 Å². The molecule has 0 fully saturated rings. The van der Waals surface area contributed by atoms with Crippen molar-refractivity contribution in [3.8, 4) is 0 Å². The molecule has 24 heavy (non-hydrogen) atoms. The zero-order valence-electron chi connectivity index (χ0n) is 13.6. The predicted molar refractivity (Wildman–Crippen MR) is 95.2 cm³/mol. The number of rotatable bonds is 5. The number of aryl methyl sites for hydroxylation is 1. The number of H-pyrrole nitrogens is 2. The average Bonchev–Trinajstić information content (AvgIpc) is 3.34. The van der Waals surface area contributed by atoms with Crippen LogP contribution in [0.1, 0.15) is 40.0 Å². The number of hydrogen-bond acceptors (Lipinski definition) is 1. The summed E-state index contributed by atoms with van der Waals surface area (Å²) in [7, 11) is 0. The summed E-state index contributed by atoms with van der Waals surface area (Å²) in [6.07, 6.45) is 4.67. The Hall–Kier alpha value is -2.94. The molecule has 0 saturated carbocycles. The van der Waals surface area contributed by atoms with E-state index in [9.17, 15) is 0 Å². The second-order valence-corrected chi connectivity index (χ2v) is 6.15. The number of benzene rings is 1. The van der Waals surface area contributed by atoms with Gasteiger partial charge in [0.15, 0.2) is 0 Å². The van der Waals surface area contributed by atoms with E-state index >= 15 is 0 Å². The molecular formula is C21H20N2O. The molecule has 2 N–H and O–H groups in total. The molecule has 1 unspecified atom stereocenters. The van der Waals surface area contributed by atoms with Crippen LogP contribution in [-0.4, -0.2) is 9.97 Å². The zero-order valence-corrected chi connectivity index (χ0v) is 13.6. The van der Waals surface area contributed by atoms with Crippen molar-refractivity contribution in [2.24, 2.45) is 0 Å². The first kappa shape index (κ1) is 14.6. The van der Waals surface area contributed by atoms with Crippen LogP contribution in [0.5, 0.6) is 0 Å². The molecule has 3 nitrogen and oxygen atoms in total. The maximum Gasteiger partial charge on any atom is 0.117 e. The fourth-order valence-corrected chi connectivity index (χ4v) is 3.09. The molecule has 0 saturated heterocycles. The lowest BCUT2D eigenvalue weighted by atomic mass is 9.93. The van der Waals surface area contributed by atoms with Crippen molar-refractivity contribution in [2.45, 2.75) is 19.3 Å². The van der Waals surface area contributed by atoms with Crippen LogP contribution in [0, 0.1) is 6.92 Å². The lowest BCUT2D eigenvalue weighted by Crippen LogP contribution is -2.02. The highest BCUT2D eigenvalue weighted by Crippen LogP contribution is 2.32. The summed E-state index contributed by atoms with van der Waals surface area (Å²) in [6, 6.07) is 21.0. The van der Waals surface area contributed by atoms with E-state index < -0.39 is 0 Å². The van der Waals surface area contributed by atoms with Crippen LogP contribution in [0.25, 0.3) is 0 Å².